The van der Waals surface area contributed by atoms with Crippen molar-refractivity contribution in [2.45, 2.75) is 13.5 Å². The Morgan fingerprint density at radius 2 is 1.78 bits per heavy atom. The van der Waals surface area contributed by atoms with Crippen molar-refractivity contribution in [3.63, 3.8) is 0 Å². The predicted octanol–water partition coefficient (Wildman–Crippen LogP) is 4.01. The van der Waals surface area contributed by atoms with Crippen LogP contribution in [-0.2, 0) is 11.3 Å². The van der Waals surface area contributed by atoms with Gasteiger partial charge in [0.05, 0.1) is 5.56 Å². The summed E-state index contributed by atoms with van der Waals surface area (Å²) in [5.41, 5.74) is 2.44. The van der Waals surface area contributed by atoms with E-state index >= 15 is 0 Å². The number of benzene rings is 2. The first-order valence-electron chi connectivity index (χ1n) is 5.64. The Balaban J connectivity index is 2.01. The molecule has 0 amide bonds. The number of rotatable bonds is 3. The Hall–Kier alpha value is -1.80. The van der Waals surface area contributed by atoms with Gasteiger partial charge in [-0.05, 0) is 36.2 Å². The van der Waals surface area contributed by atoms with Crippen LogP contribution in [0.5, 0.6) is 0 Å². The van der Waals surface area contributed by atoms with Gasteiger partial charge in [-0.2, -0.15) is 0 Å². The Morgan fingerprint density at radius 3 is 2.44 bits per heavy atom. The van der Waals surface area contributed by atoms with Crippen LogP contribution in [0.3, 0.4) is 0 Å². The molecule has 2 aromatic carbocycles. The van der Waals surface area contributed by atoms with Crippen LogP contribution in [0.1, 0.15) is 21.5 Å². The first-order chi connectivity index (χ1) is 8.66. The molecule has 0 saturated heterocycles. The third-order valence-corrected chi connectivity index (χ3v) is 2.90. The SMILES string of the molecule is Cc1ccccc1C(=O)OCc1ccc(Cl)cc1. The molecule has 92 valence electrons. The van der Waals surface area contributed by atoms with Gasteiger partial charge in [-0.1, -0.05) is 41.9 Å². The molecule has 3 heteroatoms. The van der Waals surface area contributed by atoms with Crippen molar-refractivity contribution in [2.75, 3.05) is 0 Å². The molecule has 2 nitrogen and oxygen atoms in total. The summed E-state index contributed by atoms with van der Waals surface area (Å²) in [7, 11) is 0. The molecule has 18 heavy (non-hydrogen) atoms. The van der Waals surface area contributed by atoms with Gasteiger partial charge in [-0.25, -0.2) is 4.79 Å². The molecule has 0 unspecified atom stereocenters. The molecular weight excluding hydrogens is 248 g/mol. The Kier molecular flexibility index (Phi) is 4.00. The van der Waals surface area contributed by atoms with E-state index < -0.39 is 0 Å². The zero-order chi connectivity index (χ0) is 13.0. The summed E-state index contributed by atoms with van der Waals surface area (Å²) in [6, 6.07) is 14.6. The highest BCUT2D eigenvalue weighted by molar-refractivity contribution is 6.30. The zero-order valence-electron chi connectivity index (χ0n) is 10.0. The molecule has 2 aromatic rings. The van der Waals surface area contributed by atoms with Gasteiger partial charge in [0.1, 0.15) is 6.61 Å². The second kappa shape index (κ2) is 5.69. The number of carbonyl (C=O) groups excluding carboxylic acids is 1. The van der Waals surface area contributed by atoms with Gasteiger partial charge in [0.25, 0.3) is 0 Å². The molecule has 0 fully saturated rings. The topological polar surface area (TPSA) is 26.3 Å². The number of hydrogen-bond donors (Lipinski definition) is 0. The Labute approximate surface area is 111 Å². The summed E-state index contributed by atoms with van der Waals surface area (Å²) in [5, 5.41) is 0.670. The van der Waals surface area contributed by atoms with Crippen molar-refractivity contribution in [1.29, 1.82) is 0 Å². The average molecular weight is 261 g/mol. The maximum Gasteiger partial charge on any atom is 0.338 e. The van der Waals surface area contributed by atoms with E-state index in [2.05, 4.69) is 0 Å². The highest BCUT2D eigenvalue weighted by atomic mass is 35.5. The van der Waals surface area contributed by atoms with Crippen molar-refractivity contribution in [3.05, 3.63) is 70.2 Å². The van der Waals surface area contributed by atoms with E-state index in [1.807, 2.05) is 37.3 Å². The lowest BCUT2D eigenvalue weighted by molar-refractivity contribution is 0.0472. The lowest BCUT2D eigenvalue weighted by atomic mass is 10.1. The number of ether oxygens (including phenoxy) is 1. The maximum absolute atomic E-state index is 11.9. The third-order valence-electron chi connectivity index (χ3n) is 2.65. The second-order valence-electron chi connectivity index (χ2n) is 4.02. The molecule has 0 N–H and O–H groups in total. The highest BCUT2D eigenvalue weighted by Gasteiger charge is 2.09. The van der Waals surface area contributed by atoms with E-state index in [0.29, 0.717) is 10.6 Å². The molecule has 0 aromatic heterocycles. The normalized spacial score (nSPS) is 10.1. The molecule has 0 bridgehead atoms. The van der Waals surface area contributed by atoms with Crippen LogP contribution in [0.25, 0.3) is 0 Å². The summed E-state index contributed by atoms with van der Waals surface area (Å²) in [6.45, 7) is 2.14. The second-order valence-corrected chi connectivity index (χ2v) is 4.45. The first-order valence-corrected chi connectivity index (χ1v) is 6.02. The molecule has 2 rings (SSSR count). The van der Waals surface area contributed by atoms with Crippen LogP contribution in [-0.4, -0.2) is 5.97 Å². The quantitative estimate of drug-likeness (QED) is 0.780. The minimum atomic E-state index is -0.303. The molecule has 0 aliphatic heterocycles. The molecule has 0 saturated carbocycles. The van der Waals surface area contributed by atoms with Crippen molar-refractivity contribution < 1.29 is 9.53 Å². The average Bonchev–Trinajstić information content (AvgIpc) is 2.38. The van der Waals surface area contributed by atoms with E-state index in [1.165, 1.54) is 0 Å². The number of esters is 1. The van der Waals surface area contributed by atoms with Crippen LogP contribution in [0.2, 0.25) is 5.02 Å². The number of halogens is 1. The number of hydrogen-bond acceptors (Lipinski definition) is 2. The standard InChI is InChI=1S/C15H13ClO2/c1-11-4-2-3-5-14(11)15(17)18-10-12-6-8-13(16)9-7-12/h2-9H,10H2,1H3. The lowest BCUT2D eigenvalue weighted by Gasteiger charge is -2.07. The summed E-state index contributed by atoms with van der Waals surface area (Å²) in [5.74, 6) is -0.303. The van der Waals surface area contributed by atoms with Gasteiger partial charge >= 0.3 is 5.97 Å². The van der Waals surface area contributed by atoms with Gasteiger partial charge in [-0.3, -0.25) is 0 Å². The van der Waals surface area contributed by atoms with Crippen LogP contribution in [0, 0.1) is 6.92 Å². The molecule has 0 atom stereocenters. The van der Waals surface area contributed by atoms with Gasteiger partial charge in [0.15, 0.2) is 0 Å². The summed E-state index contributed by atoms with van der Waals surface area (Å²) in [6.07, 6.45) is 0. The molecule has 0 aliphatic carbocycles. The smallest absolute Gasteiger partial charge is 0.338 e. The summed E-state index contributed by atoms with van der Waals surface area (Å²) in [4.78, 5) is 11.9. The van der Waals surface area contributed by atoms with Crippen molar-refractivity contribution in [1.82, 2.24) is 0 Å². The highest BCUT2D eigenvalue weighted by Crippen LogP contribution is 2.13. The minimum absolute atomic E-state index is 0.254. The van der Waals surface area contributed by atoms with Crippen LogP contribution < -0.4 is 0 Å². The van der Waals surface area contributed by atoms with Gasteiger partial charge in [0.2, 0.25) is 0 Å². The third kappa shape index (κ3) is 3.11. The van der Waals surface area contributed by atoms with Crippen molar-refractivity contribution >= 4 is 17.6 Å². The lowest BCUT2D eigenvalue weighted by Crippen LogP contribution is -2.06. The fourth-order valence-electron chi connectivity index (χ4n) is 1.61. The fraction of sp³-hybridized carbons (Fsp3) is 0.133. The molecule has 0 heterocycles. The van der Waals surface area contributed by atoms with E-state index in [-0.39, 0.29) is 12.6 Å². The van der Waals surface area contributed by atoms with Crippen molar-refractivity contribution in [2.24, 2.45) is 0 Å². The molecule has 0 spiro atoms. The summed E-state index contributed by atoms with van der Waals surface area (Å²) >= 11 is 5.78. The van der Waals surface area contributed by atoms with Crippen molar-refractivity contribution in [3.8, 4) is 0 Å². The van der Waals surface area contributed by atoms with Gasteiger partial charge in [-0.15, -0.1) is 0 Å². The van der Waals surface area contributed by atoms with Gasteiger partial charge < -0.3 is 4.74 Å². The monoisotopic (exact) mass is 260 g/mol. The van der Waals surface area contributed by atoms with E-state index in [4.69, 9.17) is 16.3 Å². The molecular formula is C15H13ClO2. The minimum Gasteiger partial charge on any atom is -0.457 e. The number of carbonyl (C=O) groups is 1. The predicted molar refractivity (Wildman–Crippen MR) is 71.8 cm³/mol. The number of aryl methyl sites for hydroxylation is 1. The van der Waals surface area contributed by atoms with Crippen LogP contribution in [0.4, 0.5) is 0 Å². The molecule has 0 aliphatic rings. The Morgan fingerprint density at radius 1 is 1.11 bits per heavy atom. The Bertz CT molecular complexity index is 547. The van der Waals surface area contributed by atoms with E-state index in [0.717, 1.165) is 11.1 Å². The molecule has 0 radical (unpaired) electrons. The summed E-state index contributed by atoms with van der Waals surface area (Å²) < 4.78 is 5.25. The van der Waals surface area contributed by atoms with E-state index in [1.54, 1.807) is 18.2 Å². The van der Waals surface area contributed by atoms with Gasteiger partial charge in [0, 0.05) is 5.02 Å². The zero-order valence-corrected chi connectivity index (χ0v) is 10.8. The largest absolute Gasteiger partial charge is 0.457 e. The van der Waals surface area contributed by atoms with Crippen LogP contribution in [0.15, 0.2) is 48.5 Å². The fourth-order valence-corrected chi connectivity index (χ4v) is 1.74. The first kappa shape index (κ1) is 12.7. The maximum atomic E-state index is 11.9. The van der Waals surface area contributed by atoms with E-state index in [9.17, 15) is 4.79 Å². The van der Waals surface area contributed by atoms with Crippen LogP contribution >= 0.6 is 11.6 Å².